The number of hydrogen-bond donors (Lipinski definition) is 3. The van der Waals surface area contributed by atoms with Crippen LogP contribution in [0.2, 0.25) is 0 Å². The number of fused-ring (bicyclic) bond motifs is 1. The van der Waals surface area contributed by atoms with Gasteiger partial charge in [-0.05, 0) is 12.1 Å². The molecule has 0 aliphatic carbocycles. The van der Waals surface area contributed by atoms with Gasteiger partial charge in [-0.1, -0.05) is 24.3 Å². The van der Waals surface area contributed by atoms with Crippen molar-refractivity contribution >= 4 is 40.7 Å². The van der Waals surface area contributed by atoms with Crippen LogP contribution in [0.15, 0.2) is 49.6 Å². The number of benzene rings is 1. The second-order valence-corrected chi connectivity index (χ2v) is 7.60. The first-order chi connectivity index (χ1) is 17.1. The van der Waals surface area contributed by atoms with Gasteiger partial charge in [0.1, 0.15) is 0 Å². The summed E-state index contributed by atoms with van der Waals surface area (Å²) < 4.78 is 5.33. The van der Waals surface area contributed by atoms with Gasteiger partial charge < -0.3 is 25.2 Å². The Bertz CT molecular complexity index is 1180. The molecule has 35 heavy (non-hydrogen) atoms. The van der Waals surface area contributed by atoms with Crippen molar-refractivity contribution in [1.29, 1.82) is 0 Å². The molecule has 1 fully saturated rings. The lowest BCUT2D eigenvalue weighted by atomic mass is 10.3. The lowest BCUT2D eigenvalue weighted by molar-refractivity contribution is 0.207. The number of piperazine rings is 1. The second-order valence-electron chi connectivity index (χ2n) is 7.60. The van der Waals surface area contributed by atoms with Gasteiger partial charge >= 0.3 is 6.03 Å². The molecule has 2 aromatic heterocycles. The van der Waals surface area contributed by atoms with Crippen LogP contribution in [-0.4, -0.2) is 82.2 Å². The Balaban J connectivity index is 1.43. The van der Waals surface area contributed by atoms with E-state index in [4.69, 9.17) is 4.74 Å². The van der Waals surface area contributed by atoms with Crippen molar-refractivity contribution in [3.05, 3.63) is 49.6 Å². The lowest BCUT2D eigenvalue weighted by Crippen LogP contribution is -2.50. The van der Waals surface area contributed by atoms with E-state index in [1.54, 1.807) is 17.1 Å². The second kappa shape index (κ2) is 11.1. The van der Waals surface area contributed by atoms with E-state index in [1.165, 1.54) is 7.11 Å². The first-order valence-corrected chi connectivity index (χ1v) is 11.2. The first kappa shape index (κ1) is 23.7. The van der Waals surface area contributed by atoms with E-state index in [0.29, 0.717) is 68.1 Å². The monoisotopic (exact) mass is 476 g/mol. The summed E-state index contributed by atoms with van der Waals surface area (Å²) >= 11 is 0. The third kappa shape index (κ3) is 5.72. The first-order valence-electron chi connectivity index (χ1n) is 11.2. The van der Waals surface area contributed by atoms with Crippen molar-refractivity contribution < 1.29 is 9.53 Å². The number of aromatic nitrogens is 5. The summed E-state index contributed by atoms with van der Waals surface area (Å²) in [7, 11) is 1.50. The van der Waals surface area contributed by atoms with Crippen LogP contribution in [0.3, 0.4) is 0 Å². The van der Waals surface area contributed by atoms with Gasteiger partial charge in [0.05, 0.1) is 18.1 Å². The molecule has 0 radical (unpaired) electrons. The molecule has 0 spiro atoms. The van der Waals surface area contributed by atoms with Gasteiger partial charge in [-0.25, -0.2) is 14.8 Å². The highest BCUT2D eigenvalue weighted by atomic mass is 16.5. The van der Waals surface area contributed by atoms with E-state index < -0.39 is 0 Å². The van der Waals surface area contributed by atoms with E-state index in [-0.39, 0.29) is 17.7 Å². The van der Waals surface area contributed by atoms with Crippen LogP contribution in [0, 0.1) is 0 Å². The van der Waals surface area contributed by atoms with Gasteiger partial charge in [0, 0.05) is 39.3 Å². The molecule has 12 heteroatoms. The topological polar surface area (TPSA) is 133 Å². The van der Waals surface area contributed by atoms with Crippen molar-refractivity contribution in [2.24, 2.45) is 0 Å². The SMILES string of the molecule is C=CCNc1nc(NCC=C)nc(N2CCN(C(=O)Nc3nc4ccccc4nc3OC)CC2)n1. The largest absolute Gasteiger partial charge is 0.478 e. The lowest BCUT2D eigenvalue weighted by Gasteiger charge is -2.34. The summed E-state index contributed by atoms with van der Waals surface area (Å²) in [6.07, 6.45) is 3.46. The Morgan fingerprint density at radius 2 is 1.54 bits per heavy atom. The third-order valence-corrected chi connectivity index (χ3v) is 5.24. The summed E-state index contributed by atoms with van der Waals surface area (Å²) in [6.45, 7) is 10.5. The molecule has 12 nitrogen and oxygen atoms in total. The van der Waals surface area contributed by atoms with Crippen molar-refractivity contribution in [3.63, 3.8) is 0 Å². The van der Waals surface area contributed by atoms with E-state index in [9.17, 15) is 4.79 Å². The molecule has 3 N–H and O–H groups in total. The zero-order valence-electron chi connectivity index (χ0n) is 19.6. The number of nitrogens with zero attached hydrogens (tertiary/aromatic N) is 7. The molecular weight excluding hydrogens is 448 g/mol. The van der Waals surface area contributed by atoms with Crippen molar-refractivity contribution in [3.8, 4) is 5.88 Å². The molecule has 1 aliphatic heterocycles. The molecule has 1 saturated heterocycles. The molecule has 4 rings (SSSR count). The minimum atomic E-state index is -0.273. The van der Waals surface area contributed by atoms with Gasteiger partial charge in [-0.15, -0.1) is 13.2 Å². The maximum Gasteiger partial charge on any atom is 0.323 e. The van der Waals surface area contributed by atoms with E-state index in [1.807, 2.05) is 29.2 Å². The molecule has 3 aromatic rings. The van der Waals surface area contributed by atoms with Crippen LogP contribution in [0.25, 0.3) is 11.0 Å². The minimum absolute atomic E-state index is 0.264. The van der Waals surface area contributed by atoms with Crippen molar-refractivity contribution in [1.82, 2.24) is 29.8 Å². The van der Waals surface area contributed by atoms with Crippen LogP contribution in [0.1, 0.15) is 0 Å². The average Bonchev–Trinajstić information content (AvgIpc) is 2.90. The number of para-hydroxylation sites is 2. The number of ether oxygens (including phenoxy) is 1. The van der Waals surface area contributed by atoms with E-state index >= 15 is 0 Å². The van der Waals surface area contributed by atoms with Crippen LogP contribution < -0.4 is 25.6 Å². The smallest absolute Gasteiger partial charge is 0.323 e. The summed E-state index contributed by atoms with van der Waals surface area (Å²) in [5.74, 6) is 1.97. The molecule has 0 atom stereocenters. The fraction of sp³-hybridized carbons (Fsp3) is 0.304. The Morgan fingerprint density at radius 3 is 2.11 bits per heavy atom. The Morgan fingerprint density at radius 1 is 0.943 bits per heavy atom. The Labute approximate surface area is 203 Å². The maximum absolute atomic E-state index is 13.0. The molecule has 3 heterocycles. The van der Waals surface area contributed by atoms with Gasteiger partial charge in [-0.3, -0.25) is 5.32 Å². The summed E-state index contributed by atoms with van der Waals surface area (Å²) in [5, 5.41) is 9.03. The van der Waals surface area contributed by atoms with Gasteiger partial charge in [0.15, 0.2) is 5.82 Å². The number of carbonyl (C=O) groups is 1. The standard InChI is InChI=1S/C23H28N10O2/c1-4-10-24-20-29-21(25-11-5-2)31-22(30-20)32-12-14-33(15-13-32)23(34)28-18-19(35-3)27-17-9-7-6-8-16(17)26-18/h4-9H,1-2,10-15H2,3H3,(H,26,28,34)(H2,24,25,29,30,31). The molecule has 0 bridgehead atoms. The number of urea groups is 1. The van der Waals surface area contributed by atoms with Crippen LogP contribution in [0.5, 0.6) is 5.88 Å². The molecule has 1 aromatic carbocycles. The zero-order valence-corrected chi connectivity index (χ0v) is 19.6. The predicted molar refractivity (Wildman–Crippen MR) is 136 cm³/mol. The molecule has 0 unspecified atom stereocenters. The highest BCUT2D eigenvalue weighted by Gasteiger charge is 2.25. The number of methoxy groups -OCH3 is 1. The number of rotatable bonds is 9. The summed E-state index contributed by atoms with van der Waals surface area (Å²) in [4.78, 5) is 39.0. The Kier molecular flexibility index (Phi) is 7.50. The number of amides is 2. The number of anilines is 4. The quantitative estimate of drug-likeness (QED) is 0.395. The van der Waals surface area contributed by atoms with Gasteiger partial charge in [0.2, 0.25) is 17.8 Å². The zero-order chi connectivity index (χ0) is 24.6. The minimum Gasteiger partial charge on any atom is -0.478 e. The highest BCUT2D eigenvalue weighted by molar-refractivity contribution is 5.91. The molecule has 182 valence electrons. The average molecular weight is 477 g/mol. The van der Waals surface area contributed by atoms with E-state index in [2.05, 4.69) is 54.0 Å². The molecule has 1 aliphatic rings. The van der Waals surface area contributed by atoms with Crippen molar-refractivity contribution in [2.75, 3.05) is 67.2 Å². The van der Waals surface area contributed by atoms with Crippen LogP contribution in [0.4, 0.5) is 28.5 Å². The maximum atomic E-state index is 13.0. The highest BCUT2D eigenvalue weighted by Crippen LogP contribution is 2.24. The number of hydrogen-bond acceptors (Lipinski definition) is 10. The van der Waals surface area contributed by atoms with Crippen LogP contribution in [-0.2, 0) is 0 Å². The molecular formula is C23H28N10O2. The van der Waals surface area contributed by atoms with Gasteiger partial charge in [0.25, 0.3) is 5.88 Å². The summed E-state index contributed by atoms with van der Waals surface area (Å²) in [6, 6.07) is 7.14. The van der Waals surface area contributed by atoms with Crippen LogP contribution >= 0.6 is 0 Å². The van der Waals surface area contributed by atoms with E-state index in [0.717, 1.165) is 0 Å². The summed E-state index contributed by atoms with van der Waals surface area (Å²) in [5.41, 5.74) is 1.36. The van der Waals surface area contributed by atoms with Crippen molar-refractivity contribution in [2.45, 2.75) is 0 Å². The molecule has 2 amide bonds. The molecule has 0 saturated carbocycles. The number of nitrogens with one attached hydrogen (secondary N) is 3. The Hall–Kier alpha value is -4.48. The predicted octanol–water partition coefficient (Wildman–Crippen LogP) is 2.37. The third-order valence-electron chi connectivity index (χ3n) is 5.24. The fourth-order valence-electron chi connectivity index (χ4n) is 3.49. The fourth-order valence-corrected chi connectivity index (χ4v) is 3.49. The number of carbonyl (C=O) groups excluding carboxylic acids is 1. The normalized spacial score (nSPS) is 13.3. The van der Waals surface area contributed by atoms with Gasteiger partial charge in [-0.2, -0.15) is 15.0 Å².